The molecule has 0 radical (unpaired) electrons. The molecule has 1 amide bonds. The number of amides is 1. The van der Waals surface area contributed by atoms with Crippen molar-refractivity contribution in [2.45, 2.75) is 43.6 Å². The lowest BCUT2D eigenvalue weighted by molar-refractivity contribution is -0.151. The highest BCUT2D eigenvalue weighted by molar-refractivity contribution is 8.00. The molecule has 0 saturated carbocycles. The number of carbonyl (C=O) groups is 2. The van der Waals surface area contributed by atoms with Crippen molar-refractivity contribution in [3.05, 3.63) is 12.7 Å². The zero-order valence-electron chi connectivity index (χ0n) is 14.1. The Kier molecular flexibility index (Phi) is 6.77. The van der Waals surface area contributed by atoms with Crippen molar-refractivity contribution >= 4 is 23.6 Å². The fourth-order valence-electron chi connectivity index (χ4n) is 2.58. The Bertz CT molecular complexity index is 583. The van der Waals surface area contributed by atoms with Crippen LogP contribution in [0, 0.1) is 5.92 Å². The summed E-state index contributed by atoms with van der Waals surface area (Å²) in [5, 5.41) is 11.7. The number of tetrazole rings is 1. The molecule has 1 saturated heterocycles. The maximum atomic E-state index is 12.6. The quantitative estimate of drug-likeness (QED) is 0.412. The summed E-state index contributed by atoms with van der Waals surface area (Å²) in [4.78, 5) is 26.1. The zero-order valence-corrected chi connectivity index (χ0v) is 14.9. The minimum atomic E-state index is -0.293. The van der Waals surface area contributed by atoms with E-state index in [-0.39, 0.29) is 23.0 Å². The normalized spacial score (nSPS) is 16.7. The van der Waals surface area contributed by atoms with E-state index >= 15 is 0 Å². The highest BCUT2D eigenvalue weighted by atomic mass is 32.2. The van der Waals surface area contributed by atoms with Gasteiger partial charge in [0.2, 0.25) is 11.1 Å². The second-order valence-electron chi connectivity index (χ2n) is 5.54. The van der Waals surface area contributed by atoms with Crippen molar-refractivity contribution in [2.24, 2.45) is 5.92 Å². The van der Waals surface area contributed by atoms with Crippen molar-refractivity contribution in [3.63, 3.8) is 0 Å². The van der Waals surface area contributed by atoms with Crippen LogP contribution < -0.4 is 0 Å². The average Bonchev–Trinajstić information content (AvgIpc) is 3.02. The molecular weight excluding hydrogens is 330 g/mol. The first-order valence-electron chi connectivity index (χ1n) is 8.06. The molecule has 0 aliphatic carbocycles. The van der Waals surface area contributed by atoms with Crippen LogP contribution in [0.4, 0.5) is 0 Å². The first kappa shape index (κ1) is 18.4. The number of hydrogen-bond donors (Lipinski definition) is 0. The first-order chi connectivity index (χ1) is 11.6. The van der Waals surface area contributed by atoms with Gasteiger partial charge in [0.05, 0.1) is 24.3 Å². The number of rotatable bonds is 7. The number of aromatic nitrogens is 4. The van der Waals surface area contributed by atoms with Crippen LogP contribution in [0.25, 0.3) is 0 Å². The molecule has 2 heterocycles. The number of hydrogen-bond acceptors (Lipinski definition) is 7. The third kappa shape index (κ3) is 4.56. The molecule has 1 fully saturated rings. The fourth-order valence-corrected chi connectivity index (χ4v) is 3.46. The first-order valence-corrected chi connectivity index (χ1v) is 8.93. The standard InChI is InChI=1S/C15H23N5O3S/c1-4-8-20-15(16-17-18-20)24-11(3)13(21)19-9-6-12(7-10-19)14(22)23-5-2/h4,11-12H,1,5-10H2,2-3H3. The zero-order chi connectivity index (χ0) is 17.5. The summed E-state index contributed by atoms with van der Waals surface area (Å²) in [5.74, 6) is -0.220. The summed E-state index contributed by atoms with van der Waals surface area (Å²) < 4.78 is 6.66. The SMILES string of the molecule is C=CCn1nnnc1SC(C)C(=O)N1CCC(C(=O)OCC)CC1. The molecule has 132 valence electrons. The lowest BCUT2D eigenvalue weighted by Gasteiger charge is -2.32. The van der Waals surface area contributed by atoms with Crippen LogP contribution in [0.5, 0.6) is 0 Å². The van der Waals surface area contributed by atoms with Gasteiger partial charge in [0.25, 0.3) is 0 Å². The van der Waals surface area contributed by atoms with Crippen molar-refractivity contribution in [1.29, 1.82) is 0 Å². The maximum absolute atomic E-state index is 12.6. The van der Waals surface area contributed by atoms with Crippen molar-refractivity contribution < 1.29 is 14.3 Å². The van der Waals surface area contributed by atoms with E-state index in [9.17, 15) is 9.59 Å². The Morgan fingerprint density at radius 1 is 1.46 bits per heavy atom. The molecule has 1 aromatic rings. The number of nitrogens with zero attached hydrogens (tertiary/aromatic N) is 5. The van der Waals surface area contributed by atoms with E-state index in [2.05, 4.69) is 22.1 Å². The van der Waals surface area contributed by atoms with Crippen LogP contribution in [-0.2, 0) is 20.9 Å². The topological polar surface area (TPSA) is 90.2 Å². The predicted octanol–water partition coefficient (Wildman–Crippen LogP) is 1.14. The number of allylic oxidation sites excluding steroid dienone is 1. The number of ether oxygens (including phenoxy) is 1. The van der Waals surface area contributed by atoms with E-state index in [0.717, 1.165) is 0 Å². The van der Waals surface area contributed by atoms with E-state index in [1.165, 1.54) is 11.8 Å². The molecular formula is C15H23N5O3S. The van der Waals surface area contributed by atoms with Gasteiger partial charge in [-0.25, -0.2) is 4.68 Å². The highest BCUT2D eigenvalue weighted by Gasteiger charge is 2.30. The molecule has 0 N–H and O–H groups in total. The Morgan fingerprint density at radius 3 is 2.79 bits per heavy atom. The van der Waals surface area contributed by atoms with Gasteiger partial charge in [0, 0.05) is 13.1 Å². The predicted molar refractivity (Wildman–Crippen MR) is 89.3 cm³/mol. The van der Waals surface area contributed by atoms with Crippen LogP contribution in [0.15, 0.2) is 17.8 Å². The second kappa shape index (κ2) is 8.81. The Balaban J connectivity index is 1.87. The maximum Gasteiger partial charge on any atom is 0.309 e. The molecule has 0 aromatic carbocycles. The van der Waals surface area contributed by atoms with Gasteiger partial charge in [-0.05, 0) is 37.1 Å². The summed E-state index contributed by atoms with van der Waals surface area (Å²) in [5.41, 5.74) is 0. The van der Waals surface area contributed by atoms with Crippen LogP contribution in [0.3, 0.4) is 0 Å². The van der Waals surface area contributed by atoms with Gasteiger partial charge in [-0.1, -0.05) is 17.8 Å². The second-order valence-corrected chi connectivity index (χ2v) is 6.85. The molecule has 24 heavy (non-hydrogen) atoms. The van der Waals surface area contributed by atoms with Crippen LogP contribution in [0.2, 0.25) is 0 Å². The molecule has 1 atom stereocenters. The van der Waals surface area contributed by atoms with Gasteiger partial charge in [-0.3, -0.25) is 9.59 Å². The molecule has 1 aliphatic rings. The molecule has 2 rings (SSSR count). The Labute approximate surface area is 145 Å². The summed E-state index contributed by atoms with van der Waals surface area (Å²) in [6, 6.07) is 0. The van der Waals surface area contributed by atoms with Crippen LogP contribution >= 0.6 is 11.8 Å². The minimum absolute atomic E-state index is 0.0375. The fraction of sp³-hybridized carbons (Fsp3) is 0.667. The smallest absolute Gasteiger partial charge is 0.309 e. The Hall–Kier alpha value is -1.90. The van der Waals surface area contributed by atoms with Crippen LogP contribution in [-0.4, -0.2) is 61.9 Å². The third-order valence-electron chi connectivity index (χ3n) is 3.86. The van der Waals surface area contributed by atoms with Gasteiger partial charge in [0.1, 0.15) is 0 Å². The molecule has 9 heteroatoms. The minimum Gasteiger partial charge on any atom is -0.466 e. The summed E-state index contributed by atoms with van der Waals surface area (Å²) in [7, 11) is 0. The molecule has 1 aliphatic heterocycles. The molecule has 8 nitrogen and oxygen atoms in total. The molecule has 1 unspecified atom stereocenters. The van der Waals surface area contributed by atoms with Crippen molar-refractivity contribution in [1.82, 2.24) is 25.1 Å². The van der Waals surface area contributed by atoms with Gasteiger partial charge in [0.15, 0.2) is 0 Å². The van der Waals surface area contributed by atoms with Crippen molar-refractivity contribution in [2.75, 3.05) is 19.7 Å². The monoisotopic (exact) mass is 353 g/mol. The van der Waals surface area contributed by atoms with Gasteiger partial charge < -0.3 is 9.64 Å². The number of piperidine rings is 1. The average molecular weight is 353 g/mol. The summed E-state index contributed by atoms with van der Waals surface area (Å²) in [6.07, 6.45) is 3.00. The number of thioether (sulfide) groups is 1. The third-order valence-corrected chi connectivity index (χ3v) is 4.92. The van der Waals surface area contributed by atoms with Gasteiger partial charge >= 0.3 is 5.97 Å². The van der Waals surface area contributed by atoms with E-state index in [0.29, 0.717) is 44.2 Å². The molecule has 1 aromatic heterocycles. The van der Waals surface area contributed by atoms with E-state index in [1.807, 2.05) is 6.92 Å². The van der Waals surface area contributed by atoms with Crippen LogP contribution in [0.1, 0.15) is 26.7 Å². The molecule has 0 bridgehead atoms. The lowest BCUT2D eigenvalue weighted by Crippen LogP contribution is -2.43. The summed E-state index contributed by atoms with van der Waals surface area (Å²) >= 11 is 1.33. The number of likely N-dealkylation sites (tertiary alicyclic amines) is 1. The van der Waals surface area contributed by atoms with E-state index < -0.39 is 0 Å². The molecule has 0 spiro atoms. The highest BCUT2D eigenvalue weighted by Crippen LogP contribution is 2.25. The van der Waals surface area contributed by atoms with E-state index in [4.69, 9.17) is 4.74 Å². The largest absolute Gasteiger partial charge is 0.466 e. The van der Waals surface area contributed by atoms with Gasteiger partial charge in [-0.2, -0.15) is 0 Å². The lowest BCUT2D eigenvalue weighted by atomic mass is 9.97. The van der Waals surface area contributed by atoms with Crippen molar-refractivity contribution in [3.8, 4) is 0 Å². The Morgan fingerprint density at radius 2 is 2.17 bits per heavy atom. The summed E-state index contributed by atoms with van der Waals surface area (Å²) in [6.45, 7) is 9.35. The van der Waals surface area contributed by atoms with Gasteiger partial charge in [-0.15, -0.1) is 11.7 Å². The number of carbonyl (C=O) groups excluding carboxylic acids is 2. The number of esters is 1. The van der Waals surface area contributed by atoms with E-state index in [1.54, 1.807) is 22.6 Å².